The smallest absolute Gasteiger partial charge is 0.0415 e. The molecule has 52 valence electrons. The monoisotopic (exact) mass is 135 g/mol. The Labute approximate surface area is 59.4 Å². The van der Waals surface area contributed by atoms with Crippen molar-refractivity contribution in [3.05, 3.63) is 35.8 Å². The summed E-state index contributed by atoms with van der Waals surface area (Å²) in [6, 6.07) is 0. The van der Waals surface area contributed by atoms with E-state index in [1.54, 1.807) is 24.4 Å². The maximum atomic E-state index is 6.77. The lowest BCUT2D eigenvalue weighted by Gasteiger charge is -2.06. The summed E-state index contributed by atoms with van der Waals surface area (Å²) in [7, 11) is 0. The van der Waals surface area contributed by atoms with Gasteiger partial charge in [0, 0.05) is 23.8 Å². The summed E-state index contributed by atoms with van der Waals surface area (Å²) in [6.45, 7) is 0. The van der Waals surface area contributed by atoms with Crippen molar-refractivity contribution in [2.75, 3.05) is 0 Å². The molecule has 0 atom stereocenters. The number of hydrogen-bond donors (Lipinski definition) is 3. The predicted molar refractivity (Wildman–Crippen MR) is 41.4 cm³/mol. The molecular formula is C7H9N3. The number of rotatable bonds is 1. The molecule has 1 heterocycles. The fourth-order valence-corrected chi connectivity index (χ4v) is 0.689. The summed E-state index contributed by atoms with van der Waals surface area (Å²) >= 11 is 0. The summed E-state index contributed by atoms with van der Waals surface area (Å²) in [5.74, 6) is 0. The predicted octanol–water partition coefficient (Wildman–Crippen LogP) is 0.479. The highest BCUT2D eigenvalue weighted by atomic mass is 14.9. The molecule has 0 saturated heterocycles. The van der Waals surface area contributed by atoms with E-state index in [4.69, 9.17) is 11.1 Å². The Morgan fingerprint density at radius 1 is 1.60 bits per heavy atom. The van der Waals surface area contributed by atoms with Crippen LogP contribution in [-0.2, 0) is 0 Å². The molecule has 0 fully saturated rings. The third-order valence-corrected chi connectivity index (χ3v) is 1.11. The van der Waals surface area contributed by atoms with E-state index in [2.05, 4.69) is 5.32 Å². The lowest BCUT2D eigenvalue weighted by Crippen LogP contribution is -2.10. The van der Waals surface area contributed by atoms with E-state index in [0.29, 0.717) is 5.70 Å². The second-order valence-electron chi connectivity index (χ2n) is 1.91. The molecule has 1 aliphatic rings. The molecule has 0 aromatic carbocycles. The first-order valence-electron chi connectivity index (χ1n) is 2.94. The Kier molecular flexibility index (Phi) is 1.89. The Morgan fingerprint density at radius 2 is 2.40 bits per heavy atom. The molecular weight excluding hydrogens is 126 g/mol. The van der Waals surface area contributed by atoms with E-state index in [1.807, 2.05) is 0 Å². The number of nitrogens with one attached hydrogen (secondary N) is 2. The summed E-state index contributed by atoms with van der Waals surface area (Å²) in [5, 5.41) is 9.69. The SMILES string of the molecule is N=C/C=C1/C=C(N)C=CN1. The van der Waals surface area contributed by atoms with Gasteiger partial charge in [0.25, 0.3) is 0 Å². The molecule has 0 amide bonds. The Morgan fingerprint density at radius 3 is 3.00 bits per heavy atom. The molecule has 0 aromatic rings. The van der Waals surface area contributed by atoms with Gasteiger partial charge in [-0.2, -0.15) is 0 Å². The minimum Gasteiger partial charge on any atom is -0.399 e. The van der Waals surface area contributed by atoms with Crippen molar-refractivity contribution in [3.63, 3.8) is 0 Å². The molecule has 0 bridgehead atoms. The van der Waals surface area contributed by atoms with Crippen molar-refractivity contribution in [1.82, 2.24) is 5.32 Å². The van der Waals surface area contributed by atoms with E-state index < -0.39 is 0 Å². The van der Waals surface area contributed by atoms with Gasteiger partial charge in [0.15, 0.2) is 0 Å². The van der Waals surface area contributed by atoms with Gasteiger partial charge in [-0.05, 0) is 18.2 Å². The second-order valence-corrected chi connectivity index (χ2v) is 1.91. The highest BCUT2D eigenvalue weighted by Crippen LogP contribution is 2.00. The zero-order valence-electron chi connectivity index (χ0n) is 5.46. The van der Waals surface area contributed by atoms with E-state index in [1.165, 1.54) is 6.21 Å². The van der Waals surface area contributed by atoms with Crippen molar-refractivity contribution in [2.45, 2.75) is 0 Å². The van der Waals surface area contributed by atoms with Gasteiger partial charge >= 0.3 is 0 Å². The van der Waals surface area contributed by atoms with Crippen LogP contribution in [0.5, 0.6) is 0 Å². The normalized spacial score (nSPS) is 20.0. The lowest BCUT2D eigenvalue weighted by molar-refractivity contribution is 1.07. The van der Waals surface area contributed by atoms with Crippen molar-refractivity contribution in [1.29, 1.82) is 5.41 Å². The van der Waals surface area contributed by atoms with Gasteiger partial charge in [-0.1, -0.05) is 0 Å². The van der Waals surface area contributed by atoms with Crippen molar-refractivity contribution < 1.29 is 0 Å². The van der Waals surface area contributed by atoms with Crippen LogP contribution in [0.25, 0.3) is 0 Å². The van der Waals surface area contributed by atoms with E-state index in [0.717, 1.165) is 5.70 Å². The first-order chi connectivity index (χ1) is 4.83. The molecule has 3 heteroatoms. The molecule has 10 heavy (non-hydrogen) atoms. The Bertz CT molecular complexity index is 223. The van der Waals surface area contributed by atoms with Crippen LogP contribution in [0.3, 0.4) is 0 Å². The van der Waals surface area contributed by atoms with Crippen LogP contribution < -0.4 is 11.1 Å². The molecule has 0 aromatic heterocycles. The number of nitrogens with two attached hydrogens (primary N) is 1. The molecule has 1 rings (SSSR count). The Hall–Kier alpha value is -1.51. The van der Waals surface area contributed by atoms with Crippen LogP contribution in [0, 0.1) is 5.41 Å². The van der Waals surface area contributed by atoms with Gasteiger partial charge in [0.1, 0.15) is 0 Å². The molecule has 0 saturated carbocycles. The fraction of sp³-hybridized carbons (Fsp3) is 0. The van der Waals surface area contributed by atoms with Gasteiger partial charge in [-0.15, -0.1) is 0 Å². The second kappa shape index (κ2) is 2.87. The van der Waals surface area contributed by atoms with Crippen LogP contribution in [0.2, 0.25) is 0 Å². The zero-order chi connectivity index (χ0) is 7.40. The summed E-state index contributed by atoms with van der Waals surface area (Å²) in [4.78, 5) is 0. The maximum Gasteiger partial charge on any atom is 0.0415 e. The van der Waals surface area contributed by atoms with Crippen molar-refractivity contribution in [2.24, 2.45) is 5.73 Å². The topological polar surface area (TPSA) is 61.9 Å². The lowest BCUT2D eigenvalue weighted by atomic mass is 10.2. The first-order valence-corrected chi connectivity index (χ1v) is 2.94. The average molecular weight is 135 g/mol. The molecule has 3 nitrogen and oxygen atoms in total. The Balaban J connectivity index is 2.77. The molecule has 0 aliphatic carbocycles. The van der Waals surface area contributed by atoms with E-state index in [9.17, 15) is 0 Å². The zero-order valence-corrected chi connectivity index (χ0v) is 5.46. The van der Waals surface area contributed by atoms with Gasteiger partial charge in [-0.25, -0.2) is 0 Å². The van der Waals surface area contributed by atoms with Crippen LogP contribution in [0.15, 0.2) is 35.8 Å². The molecule has 4 N–H and O–H groups in total. The van der Waals surface area contributed by atoms with Crippen LogP contribution in [0.1, 0.15) is 0 Å². The fourth-order valence-electron chi connectivity index (χ4n) is 0.689. The number of dihydropyridines is 1. The minimum atomic E-state index is 0.701. The maximum absolute atomic E-state index is 6.77. The summed E-state index contributed by atoms with van der Waals surface area (Å²) in [6.07, 6.45) is 8.12. The largest absolute Gasteiger partial charge is 0.399 e. The van der Waals surface area contributed by atoms with Crippen LogP contribution in [-0.4, -0.2) is 6.21 Å². The average Bonchev–Trinajstić information content (AvgIpc) is 1.88. The third-order valence-electron chi connectivity index (χ3n) is 1.11. The quantitative estimate of drug-likeness (QED) is 0.458. The van der Waals surface area contributed by atoms with Crippen LogP contribution >= 0.6 is 0 Å². The number of hydrogen-bond acceptors (Lipinski definition) is 3. The molecule has 0 radical (unpaired) electrons. The van der Waals surface area contributed by atoms with E-state index in [-0.39, 0.29) is 0 Å². The van der Waals surface area contributed by atoms with E-state index >= 15 is 0 Å². The highest BCUT2D eigenvalue weighted by molar-refractivity contribution is 5.70. The molecule has 0 unspecified atom stereocenters. The van der Waals surface area contributed by atoms with Gasteiger partial charge in [0.05, 0.1) is 0 Å². The first kappa shape index (κ1) is 6.61. The van der Waals surface area contributed by atoms with Crippen molar-refractivity contribution >= 4 is 6.21 Å². The minimum absolute atomic E-state index is 0.701. The number of allylic oxidation sites excluding steroid dienone is 3. The van der Waals surface area contributed by atoms with Gasteiger partial charge < -0.3 is 16.5 Å². The molecule has 1 aliphatic heterocycles. The van der Waals surface area contributed by atoms with Crippen molar-refractivity contribution in [3.8, 4) is 0 Å². The van der Waals surface area contributed by atoms with Crippen LogP contribution in [0.4, 0.5) is 0 Å². The summed E-state index contributed by atoms with van der Waals surface area (Å²) in [5.41, 5.74) is 7.02. The summed E-state index contributed by atoms with van der Waals surface area (Å²) < 4.78 is 0. The molecule has 0 spiro atoms. The highest BCUT2D eigenvalue weighted by Gasteiger charge is 1.93. The standard InChI is InChI=1S/C7H9N3/c8-3-1-7-5-6(9)2-4-10-7/h1-5,8,10H,9H2/b7-1-,8-3?. The third kappa shape index (κ3) is 1.48. The van der Waals surface area contributed by atoms with Gasteiger partial charge in [-0.3, -0.25) is 0 Å². The van der Waals surface area contributed by atoms with Gasteiger partial charge in [0.2, 0.25) is 0 Å².